The highest BCUT2D eigenvalue weighted by Gasteiger charge is 2.02. The molecule has 0 unspecified atom stereocenters. The van der Waals surface area contributed by atoms with Crippen LogP contribution >= 0.6 is 12.6 Å². The topological polar surface area (TPSA) is 42.2 Å². The van der Waals surface area contributed by atoms with Gasteiger partial charge in [-0.25, -0.2) is 0 Å². The van der Waals surface area contributed by atoms with E-state index in [1.54, 1.807) is 25.3 Å². The maximum absolute atomic E-state index is 8.88. The summed E-state index contributed by atoms with van der Waals surface area (Å²) in [6.07, 6.45) is 4.51. The number of benzene rings is 1. The molecule has 1 aromatic carbocycles. The van der Waals surface area contributed by atoms with Gasteiger partial charge in [0.2, 0.25) is 0 Å². The average Bonchev–Trinajstić information content (AvgIpc) is 2.42. The molecule has 0 bridgehead atoms. The molecule has 0 N–H and O–H groups in total. The minimum atomic E-state index is 0.555. The van der Waals surface area contributed by atoms with E-state index in [1.165, 1.54) is 6.42 Å². The summed E-state index contributed by atoms with van der Waals surface area (Å²) in [5, 5.41) is 8.88. The van der Waals surface area contributed by atoms with Crippen LogP contribution < -0.4 is 9.47 Å². The molecule has 0 amide bonds. The van der Waals surface area contributed by atoms with Gasteiger partial charge in [-0.15, -0.1) is 0 Å². The molecule has 0 aliphatic rings. The fourth-order valence-electron chi connectivity index (χ4n) is 1.59. The molecular formula is C14H19NO2S. The molecule has 0 spiro atoms. The van der Waals surface area contributed by atoms with Gasteiger partial charge in [0.05, 0.1) is 25.3 Å². The van der Waals surface area contributed by atoms with E-state index >= 15 is 0 Å². The highest BCUT2D eigenvalue weighted by Crippen LogP contribution is 2.22. The van der Waals surface area contributed by atoms with Gasteiger partial charge in [-0.3, -0.25) is 0 Å². The zero-order chi connectivity index (χ0) is 13.2. The molecular weight excluding hydrogens is 246 g/mol. The number of nitrogens with zero attached hydrogens (tertiary/aromatic N) is 1. The second kappa shape index (κ2) is 8.71. The summed E-state index contributed by atoms with van der Waals surface area (Å²) in [5.74, 6) is 2.29. The second-order valence-electron chi connectivity index (χ2n) is 4.00. The van der Waals surface area contributed by atoms with Crippen molar-refractivity contribution in [3.63, 3.8) is 0 Å². The number of hydrogen-bond acceptors (Lipinski definition) is 4. The minimum Gasteiger partial charge on any atom is -0.497 e. The molecule has 0 atom stereocenters. The lowest BCUT2D eigenvalue weighted by atomic mass is 10.2. The zero-order valence-electron chi connectivity index (χ0n) is 10.7. The van der Waals surface area contributed by atoms with Crippen molar-refractivity contribution in [2.75, 3.05) is 19.5 Å². The van der Waals surface area contributed by atoms with Crippen molar-refractivity contribution in [1.82, 2.24) is 0 Å². The monoisotopic (exact) mass is 265 g/mol. The summed E-state index contributed by atoms with van der Waals surface area (Å²) in [4.78, 5) is 0. The molecule has 0 aliphatic heterocycles. The minimum absolute atomic E-state index is 0.555. The van der Waals surface area contributed by atoms with Gasteiger partial charge in [0.25, 0.3) is 0 Å². The second-order valence-corrected chi connectivity index (χ2v) is 4.44. The van der Waals surface area contributed by atoms with Crippen LogP contribution in [0.25, 0.3) is 0 Å². The lowest BCUT2D eigenvalue weighted by Gasteiger charge is -2.08. The van der Waals surface area contributed by atoms with E-state index in [1.807, 2.05) is 0 Å². The van der Waals surface area contributed by atoms with E-state index < -0.39 is 0 Å². The Bertz CT molecular complexity index is 401. The first kappa shape index (κ1) is 14.7. The van der Waals surface area contributed by atoms with Crippen molar-refractivity contribution in [1.29, 1.82) is 5.26 Å². The van der Waals surface area contributed by atoms with Gasteiger partial charge in [-0.1, -0.05) is 12.8 Å². The van der Waals surface area contributed by atoms with Crippen LogP contribution in [0.2, 0.25) is 0 Å². The highest BCUT2D eigenvalue weighted by atomic mass is 32.1. The third-order valence-corrected chi connectivity index (χ3v) is 2.88. The molecule has 0 heterocycles. The third-order valence-electron chi connectivity index (χ3n) is 2.57. The SMILES string of the molecule is COc1cc(C#N)cc(OCCCCCCS)c1. The van der Waals surface area contributed by atoms with Gasteiger partial charge in [-0.2, -0.15) is 17.9 Å². The molecule has 1 rings (SSSR count). The van der Waals surface area contributed by atoms with Gasteiger partial charge in [0, 0.05) is 6.07 Å². The Morgan fingerprint density at radius 3 is 2.50 bits per heavy atom. The predicted molar refractivity (Wildman–Crippen MR) is 75.5 cm³/mol. The molecule has 0 radical (unpaired) electrons. The van der Waals surface area contributed by atoms with E-state index in [-0.39, 0.29) is 0 Å². The van der Waals surface area contributed by atoms with Crippen LogP contribution in [0, 0.1) is 11.3 Å². The van der Waals surface area contributed by atoms with E-state index in [4.69, 9.17) is 14.7 Å². The van der Waals surface area contributed by atoms with Gasteiger partial charge in [0.15, 0.2) is 0 Å². The maximum Gasteiger partial charge on any atom is 0.124 e. The van der Waals surface area contributed by atoms with Crippen molar-refractivity contribution in [2.45, 2.75) is 25.7 Å². The van der Waals surface area contributed by atoms with Crippen molar-refractivity contribution >= 4 is 12.6 Å². The largest absolute Gasteiger partial charge is 0.497 e. The van der Waals surface area contributed by atoms with E-state index in [2.05, 4.69) is 18.7 Å². The number of unbranched alkanes of at least 4 members (excludes halogenated alkanes) is 3. The summed E-state index contributed by atoms with van der Waals surface area (Å²) < 4.78 is 10.7. The number of methoxy groups -OCH3 is 1. The number of rotatable bonds is 8. The number of hydrogen-bond donors (Lipinski definition) is 1. The van der Waals surface area contributed by atoms with Crippen LogP contribution in [0.3, 0.4) is 0 Å². The van der Waals surface area contributed by atoms with Gasteiger partial charge >= 0.3 is 0 Å². The standard InChI is InChI=1S/C14H19NO2S/c1-16-13-8-12(11-15)9-14(10-13)17-6-4-2-3-5-7-18/h8-10,18H,2-7H2,1H3. The fourth-order valence-corrected chi connectivity index (χ4v) is 1.82. The Morgan fingerprint density at radius 2 is 1.83 bits per heavy atom. The first-order chi connectivity index (χ1) is 8.80. The maximum atomic E-state index is 8.88. The Morgan fingerprint density at radius 1 is 1.11 bits per heavy atom. The normalized spacial score (nSPS) is 9.83. The number of nitriles is 1. The molecule has 98 valence electrons. The van der Waals surface area contributed by atoms with Gasteiger partial charge in [-0.05, 0) is 30.7 Å². The molecule has 0 fully saturated rings. The molecule has 3 nitrogen and oxygen atoms in total. The Hall–Kier alpha value is -1.34. The van der Waals surface area contributed by atoms with Crippen LogP contribution in [-0.4, -0.2) is 19.5 Å². The first-order valence-electron chi connectivity index (χ1n) is 6.13. The van der Waals surface area contributed by atoms with Gasteiger partial charge in [0.1, 0.15) is 11.5 Å². The summed E-state index contributed by atoms with van der Waals surface area (Å²) in [6, 6.07) is 7.32. The molecule has 0 saturated carbocycles. The number of thiol groups is 1. The van der Waals surface area contributed by atoms with Crippen molar-refractivity contribution < 1.29 is 9.47 Å². The Labute approximate surface area is 114 Å². The predicted octanol–water partition coefficient (Wildman–Crippen LogP) is 3.44. The first-order valence-corrected chi connectivity index (χ1v) is 6.76. The van der Waals surface area contributed by atoms with E-state index in [0.29, 0.717) is 23.7 Å². The molecule has 0 saturated heterocycles. The van der Waals surface area contributed by atoms with E-state index in [0.717, 1.165) is 25.0 Å². The third kappa shape index (κ3) is 5.33. The summed E-state index contributed by atoms with van der Waals surface area (Å²) in [6.45, 7) is 0.671. The van der Waals surface area contributed by atoms with E-state index in [9.17, 15) is 0 Å². The lowest BCUT2D eigenvalue weighted by molar-refractivity contribution is 0.303. The molecule has 4 heteroatoms. The quantitative estimate of drug-likeness (QED) is 0.578. The average molecular weight is 265 g/mol. The fraction of sp³-hybridized carbons (Fsp3) is 0.500. The molecule has 0 aromatic heterocycles. The van der Waals surface area contributed by atoms with Crippen LogP contribution in [0.5, 0.6) is 11.5 Å². The van der Waals surface area contributed by atoms with Gasteiger partial charge < -0.3 is 9.47 Å². The summed E-state index contributed by atoms with van der Waals surface area (Å²) >= 11 is 4.17. The molecule has 1 aromatic rings. The summed E-state index contributed by atoms with van der Waals surface area (Å²) in [5.41, 5.74) is 0.555. The lowest BCUT2D eigenvalue weighted by Crippen LogP contribution is -1.98. The molecule has 18 heavy (non-hydrogen) atoms. The number of ether oxygens (including phenoxy) is 2. The van der Waals surface area contributed by atoms with Crippen LogP contribution in [0.15, 0.2) is 18.2 Å². The summed E-state index contributed by atoms with van der Waals surface area (Å²) in [7, 11) is 1.58. The zero-order valence-corrected chi connectivity index (χ0v) is 11.6. The van der Waals surface area contributed by atoms with Crippen LogP contribution in [-0.2, 0) is 0 Å². The van der Waals surface area contributed by atoms with Crippen LogP contribution in [0.1, 0.15) is 31.2 Å². The van der Waals surface area contributed by atoms with Crippen molar-refractivity contribution in [3.05, 3.63) is 23.8 Å². The van der Waals surface area contributed by atoms with Crippen molar-refractivity contribution in [2.24, 2.45) is 0 Å². The Balaban J connectivity index is 2.39. The van der Waals surface area contributed by atoms with Crippen molar-refractivity contribution in [3.8, 4) is 17.6 Å². The smallest absolute Gasteiger partial charge is 0.124 e. The molecule has 0 aliphatic carbocycles. The van der Waals surface area contributed by atoms with Crippen LogP contribution in [0.4, 0.5) is 0 Å². The Kier molecular flexibility index (Phi) is 7.12. The highest BCUT2D eigenvalue weighted by molar-refractivity contribution is 7.80.